The highest BCUT2D eigenvalue weighted by atomic mass is 79.9. The second kappa shape index (κ2) is 7.13. The number of ether oxygens (including phenoxy) is 1. The summed E-state index contributed by atoms with van der Waals surface area (Å²) in [5, 5.41) is 11.1. The van der Waals surface area contributed by atoms with Gasteiger partial charge in [-0.15, -0.1) is 0 Å². The quantitative estimate of drug-likeness (QED) is 0.438. The molecule has 1 heterocycles. The van der Waals surface area contributed by atoms with Crippen molar-refractivity contribution >= 4 is 21.9 Å². The highest BCUT2D eigenvalue weighted by Gasteiger charge is 2.42. The highest BCUT2D eigenvalue weighted by Crippen LogP contribution is 2.41. The zero-order chi connectivity index (χ0) is 17.1. The first-order valence-electron chi connectivity index (χ1n) is 7.67. The Balaban J connectivity index is 1.86. The maximum absolute atomic E-state index is 12.4. The first-order chi connectivity index (χ1) is 11.5. The molecule has 0 radical (unpaired) electrons. The molecule has 3 atom stereocenters. The molecule has 0 bridgehead atoms. The van der Waals surface area contributed by atoms with Crippen molar-refractivity contribution in [1.29, 1.82) is 0 Å². The molecule has 1 fully saturated rings. The van der Waals surface area contributed by atoms with Gasteiger partial charge in [0.25, 0.3) is 0 Å². The lowest BCUT2D eigenvalue weighted by Crippen LogP contribution is -2.24. The van der Waals surface area contributed by atoms with Crippen LogP contribution in [0.3, 0.4) is 0 Å². The van der Waals surface area contributed by atoms with Gasteiger partial charge in [0, 0.05) is 15.8 Å². The highest BCUT2D eigenvalue weighted by molar-refractivity contribution is 9.10. The van der Waals surface area contributed by atoms with Crippen molar-refractivity contribution in [1.82, 2.24) is 0 Å². The largest absolute Gasteiger partial charge is 0.457 e. The molecule has 2 aromatic rings. The molecule has 0 spiro atoms. The fourth-order valence-corrected chi connectivity index (χ4v) is 3.40. The molecule has 124 valence electrons. The summed E-state index contributed by atoms with van der Waals surface area (Å²) in [5.74, 6) is -1.37. The van der Waals surface area contributed by atoms with E-state index < -0.39 is 11.8 Å². The molecule has 0 aromatic heterocycles. The minimum absolute atomic E-state index is 0.289. The summed E-state index contributed by atoms with van der Waals surface area (Å²) in [7, 11) is 0. The molecule has 0 N–H and O–H groups in total. The minimum atomic E-state index is -0.512. The Morgan fingerprint density at radius 2 is 1.83 bits per heavy atom. The minimum Gasteiger partial charge on any atom is -0.457 e. The summed E-state index contributed by atoms with van der Waals surface area (Å²) in [5.41, 5.74) is 1.70. The Labute approximate surface area is 147 Å². The number of carbonyl (C=O) groups is 1. The van der Waals surface area contributed by atoms with Crippen molar-refractivity contribution in [2.45, 2.75) is 18.4 Å². The van der Waals surface area contributed by atoms with E-state index in [1.165, 1.54) is 0 Å². The van der Waals surface area contributed by atoms with Gasteiger partial charge in [0.2, 0.25) is 6.54 Å². The van der Waals surface area contributed by atoms with E-state index in [0.717, 1.165) is 15.6 Å². The molecular formula is C18H16BrNO4. The Hall–Kier alpha value is -2.21. The van der Waals surface area contributed by atoms with Crippen LogP contribution in [0.2, 0.25) is 0 Å². The van der Waals surface area contributed by atoms with Crippen molar-refractivity contribution in [3.05, 3.63) is 80.3 Å². The lowest BCUT2D eigenvalue weighted by molar-refractivity contribution is -0.484. The van der Waals surface area contributed by atoms with Gasteiger partial charge >= 0.3 is 5.97 Å². The zero-order valence-corrected chi connectivity index (χ0v) is 14.4. The standard InChI is InChI=1S/C18H16BrNO4/c19-14-8-6-12(7-9-14)16(11-20(22)23)15-10-17(24-18(15)21)13-4-2-1-3-5-13/h1-9,15-17H,10-11H2/t15-,16-,17-/m1/s1. The summed E-state index contributed by atoms with van der Waals surface area (Å²) in [6.07, 6.45) is 0.116. The van der Waals surface area contributed by atoms with E-state index in [1.54, 1.807) is 0 Å². The molecule has 24 heavy (non-hydrogen) atoms. The number of nitro groups is 1. The fourth-order valence-electron chi connectivity index (χ4n) is 3.14. The molecule has 0 unspecified atom stereocenters. The van der Waals surface area contributed by atoms with E-state index in [0.29, 0.717) is 6.42 Å². The number of esters is 1. The molecule has 0 saturated carbocycles. The summed E-state index contributed by atoms with van der Waals surface area (Å²) < 4.78 is 6.39. The van der Waals surface area contributed by atoms with Gasteiger partial charge in [-0.1, -0.05) is 58.4 Å². The average molecular weight is 390 g/mol. The fraction of sp³-hybridized carbons (Fsp3) is 0.278. The van der Waals surface area contributed by atoms with Crippen LogP contribution in [0.25, 0.3) is 0 Å². The van der Waals surface area contributed by atoms with Crippen molar-refractivity contribution in [2.75, 3.05) is 6.54 Å². The van der Waals surface area contributed by atoms with Crippen LogP contribution in [0.5, 0.6) is 0 Å². The van der Waals surface area contributed by atoms with Gasteiger partial charge in [0.05, 0.1) is 11.8 Å². The Bertz CT molecular complexity index is 732. The molecule has 1 aliphatic heterocycles. The van der Waals surface area contributed by atoms with Crippen molar-refractivity contribution in [2.24, 2.45) is 5.92 Å². The topological polar surface area (TPSA) is 69.4 Å². The lowest BCUT2D eigenvalue weighted by atomic mass is 9.83. The molecule has 1 aliphatic rings. The normalized spacial score (nSPS) is 21.3. The van der Waals surface area contributed by atoms with Crippen LogP contribution in [0.1, 0.15) is 29.6 Å². The third-order valence-corrected chi connectivity index (χ3v) is 4.86. The number of hydrogen-bond acceptors (Lipinski definition) is 4. The number of hydrogen-bond donors (Lipinski definition) is 0. The second-order valence-corrected chi connectivity index (χ2v) is 6.77. The van der Waals surface area contributed by atoms with Gasteiger partial charge < -0.3 is 4.74 Å². The summed E-state index contributed by atoms with van der Waals surface area (Å²) in [6.45, 7) is -0.289. The first kappa shape index (κ1) is 16.6. The van der Waals surface area contributed by atoms with Crippen LogP contribution in [0.4, 0.5) is 0 Å². The molecule has 0 amide bonds. The summed E-state index contributed by atoms with van der Waals surface area (Å²) in [4.78, 5) is 23.1. The van der Waals surface area contributed by atoms with E-state index in [1.807, 2.05) is 54.6 Å². The van der Waals surface area contributed by atoms with Gasteiger partial charge in [0.15, 0.2) is 0 Å². The smallest absolute Gasteiger partial charge is 0.310 e. The number of carbonyl (C=O) groups excluding carboxylic acids is 1. The SMILES string of the molecule is O=C1O[C@@H](c2ccccc2)C[C@@H]1[C@H](C[N+](=O)[O-])c1ccc(Br)cc1. The van der Waals surface area contributed by atoms with Crippen LogP contribution in [-0.2, 0) is 9.53 Å². The number of nitrogens with zero attached hydrogens (tertiary/aromatic N) is 1. The Morgan fingerprint density at radius 1 is 1.17 bits per heavy atom. The lowest BCUT2D eigenvalue weighted by Gasteiger charge is -2.17. The maximum atomic E-state index is 12.4. The predicted molar refractivity (Wildman–Crippen MR) is 92.1 cm³/mol. The van der Waals surface area contributed by atoms with Gasteiger partial charge in [-0.2, -0.15) is 0 Å². The summed E-state index contributed by atoms with van der Waals surface area (Å²) in [6, 6.07) is 16.8. The molecule has 6 heteroatoms. The van der Waals surface area contributed by atoms with Gasteiger partial charge in [0.1, 0.15) is 6.10 Å². The van der Waals surface area contributed by atoms with Crippen LogP contribution in [-0.4, -0.2) is 17.4 Å². The zero-order valence-electron chi connectivity index (χ0n) is 12.8. The van der Waals surface area contributed by atoms with Crippen LogP contribution in [0.15, 0.2) is 59.1 Å². The summed E-state index contributed by atoms with van der Waals surface area (Å²) >= 11 is 3.36. The van der Waals surface area contributed by atoms with Crippen molar-refractivity contribution in [3.8, 4) is 0 Å². The van der Waals surface area contributed by atoms with E-state index in [9.17, 15) is 14.9 Å². The average Bonchev–Trinajstić information content (AvgIpc) is 2.96. The molecule has 5 nitrogen and oxygen atoms in total. The Kier molecular flexibility index (Phi) is 4.94. The Morgan fingerprint density at radius 3 is 2.46 bits per heavy atom. The van der Waals surface area contributed by atoms with Gasteiger partial charge in [-0.25, -0.2) is 0 Å². The number of rotatable bonds is 5. The maximum Gasteiger partial charge on any atom is 0.310 e. The molecule has 0 aliphatic carbocycles. The molecule has 2 aromatic carbocycles. The van der Waals surface area contributed by atoms with Gasteiger partial charge in [-0.3, -0.25) is 14.9 Å². The van der Waals surface area contributed by atoms with E-state index in [2.05, 4.69) is 15.9 Å². The van der Waals surface area contributed by atoms with E-state index in [-0.39, 0.29) is 23.5 Å². The van der Waals surface area contributed by atoms with Crippen LogP contribution in [0, 0.1) is 16.0 Å². The van der Waals surface area contributed by atoms with Crippen molar-refractivity contribution in [3.63, 3.8) is 0 Å². The molecular weight excluding hydrogens is 374 g/mol. The molecule has 3 rings (SSSR count). The second-order valence-electron chi connectivity index (χ2n) is 5.85. The van der Waals surface area contributed by atoms with Crippen LogP contribution >= 0.6 is 15.9 Å². The van der Waals surface area contributed by atoms with E-state index in [4.69, 9.17) is 4.74 Å². The predicted octanol–water partition coefficient (Wildman–Crippen LogP) is 4.11. The number of benzene rings is 2. The monoisotopic (exact) mass is 389 g/mol. The number of cyclic esters (lactones) is 1. The third kappa shape index (κ3) is 3.64. The van der Waals surface area contributed by atoms with Crippen LogP contribution < -0.4 is 0 Å². The number of halogens is 1. The van der Waals surface area contributed by atoms with Crippen molar-refractivity contribution < 1.29 is 14.5 Å². The van der Waals surface area contributed by atoms with E-state index >= 15 is 0 Å². The molecule has 1 saturated heterocycles. The third-order valence-electron chi connectivity index (χ3n) is 4.33. The first-order valence-corrected chi connectivity index (χ1v) is 8.46. The van der Waals surface area contributed by atoms with Gasteiger partial charge in [-0.05, 0) is 23.3 Å².